The summed E-state index contributed by atoms with van der Waals surface area (Å²) in [6, 6.07) is 10.9. The van der Waals surface area contributed by atoms with E-state index in [9.17, 15) is 14.0 Å². The third-order valence-electron chi connectivity index (χ3n) is 4.93. The Labute approximate surface area is 193 Å². The molecule has 0 aliphatic carbocycles. The molecule has 3 N–H and O–H groups in total. The van der Waals surface area contributed by atoms with Crippen LogP contribution in [0.15, 0.2) is 47.5 Å². The van der Waals surface area contributed by atoms with Crippen molar-refractivity contribution in [3.63, 3.8) is 0 Å². The zero-order chi connectivity index (χ0) is 23.8. The molecule has 0 radical (unpaired) electrons. The lowest BCUT2D eigenvalue weighted by Gasteiger charge is -2.30. The molecule has 6 nitrogen and oxygen atoms in total. The van der Waals surface area contributed by atoms with E-state index < -0.39 is 11.7 Å². The molecule has 1 aliphatic rings. The van der Waals surface area contributed by atoms with Crippen molar-refractivity contribution in [1.29, 1.82) is 0 Å². The van der Waals surface area contributed by atoms with Crippen LogP contribution < -0.4 is 11.1 Å². The zero-order valence-corrected chi connectivity index (χ0v) is 19.6. The molecule has 0 saturated heterocycles. The molecule has 0 fully saturated rings. The molecule has 2 aromatic carbocycles. The Bertz CT molecular complexity index is 994. The van der Waals surface area contributed by atoms with Crippen molar-refractivity contribution in [2.45, 2.75) is 53.2 Å². The Morgan fingerprint density at radius 3 is 2.59 bits per heavy atom. The van der Waals surface area contributed by atoms with E-state index in [-0.39, 0.29) is 48.9 Å². The molecule has 2 aromatic rings. The predicted octanol–water partition coefficient (Wildman–Crippen LogP) is 4.51. The molecular formula is C24H30ClFN4O2. The third kappa shape index (κ3) is 6.79. The van der Waals surface area contributed by atoms with Gasteiger partial charge in [0.25, 0.3) is 5.91 Å². The molecular weight excluding hydrogens is 431 g/mol. The van der Waals surface area contributed by atoms with Crippen LogP contribution in [-0.2, 0) is 17.9 Å². The summed E-state index contributed by atoms with van der Waals surface area (Å²) in [5.41, 5.74) is 7.42. The van der Waals surface area contributed by atoms with Crippen LogP contribution in [0.3, 0.4) is 0 Å². The number of nitrogens with one attached hydrogen (secondary N) is 1. The van der Waals surface area contributed by atoms with Gasteiger partial charge in [-0.15, -0.1) is 0 Å². The van der Waals surface area contributed by atoms with Gasteiger partial charge in [-0.1, -0.05) is 51.4 Å². The van der Waals surface area contributed by atoms with E-state index in [1.165, 1.54) is 11.0 Å². The standard InChI is InChI=1S/C22H24ClFN4O2.C2H6/c1-13(2)19-10-20(29)28(22(25)27-19)12-15-6-16(9-18(24)8-15)21(30)26-11-14-4-3-5-17(23)7-14;1-2/h3-9,13,19H,10-12H2,1-2H3,(H2,25,27)(H,26,30);1-2H3. The SMILES string of the molecule is CC.CC(C)C1CC(=O)N(Cc2cc(F)cc(C(=O)NCc3cccc(Cl)c3)c2)C(N)=N1. The second-order valence-electron chi connectivity index (χ2n) is 7.64. The minimum absolute atomic E-state index is 0.0469. The van der Waals surface area contributed by atoms with Gasteiger partial charge in [0.2, 0.25) is 5.91 Å². The van der Waals surface area contributed by atoms with E-state index in [1.807, 2.05) is 33.8 Å². The number of nitrogens with two attached hydrogens (primary N) is 1. The Hall–Kier alpha value is -2.93. The maximum absolute atomic E-state index is 14.2. The third-order valence-corrected chi connectivity index (χ3v) is 5.17. The Morgan fingerprint density at radius 1 is 1.25 bits per heavy atom. The van der Waals surface area contributed by atoms with Gasteiger partial charge in [0, 0.05) is 17.1 Å². The number of hydrogen-bond donors (Lipinski definition) is 2. The normalized spacial score (nSPS) is 15.7. The smallest absolute Gasteiger partial charge is 0.251 e. The second kappa shape index (κ2) is 11.6. The summed E-state index contributed by atoms with van der Waals surface area (Å²) in [5, 5.41) is 3.31. The topological polar surface area (TPSA) is 87.8 Å². The molecule has 1 atom stereocenters. The summed E-state index contributed by atoms with van der Waals surface area (Å²) >= 11 is 5.95. The number of amides is 2. The van der Waals surface area contributed by atoms with Gasteiger partial charge >= 0.3 is 0 Å². The van der Waals surface area contributed by atoms with Crippen LogP contribution in [0.1, 0.15) is 55.6 Å². The van der Waals surface area contributed by atoms with Crippen molar-refractivity contribution in [2.24, 2.45) is 16.6 Å². The van der Waals surface area contributed by atoms with Gasteiger partial charge in [-0.25, -0.2) is 9.38 Å². The van der Waals surface area contributed by atoms with Gasteiger partial charge in [0.05, 0.1) is 19.0 Å². The monoisotopic (exact) mass is 460 g/mol. The minimum Gasteiger partial charge on any atom is -0.369 e. The van der Waals surface area contributed by atoms with Crippen LogP contribution in [-0.4, -0.2) is 28.7 Å². The number of nitrogens with zero attached hydrogens (tertiary/aromatic N) is 2. The second-order valence-corrected chi connectivity index (χ2v) is 8.08. The van der Waals surface area contributed by atoms with Crippen LogP contribution in [0.4, 0.5) is 4.39 Å². The molecule has 8 heteroatoms. The first-order chi connectivity index (χ1) is 15.2. The molecule has 1 aliphatic heterocycles. The summed E-state index contributed by atoms with van der Waals surface area (Å²) in [5.74, 6) is -0.861. The van der Waals surface area contributed by atoms with Crippen molar-refractivity contribution in [3.05, 3.63) is 70.0 Å². The van der Waals surface area contributed by atoms with Gasteiger partial charge in [-0.05, 0) is 47.4 Å². The number of carbonyl (C=O) groups excluding carboxylic acids is 2. The van der Waals surface area contributed by atoms with E-state index in [0.29, 0.717) is 10.6 Å². The lowest BCUT2D eigenvalue weighted by Crippen LogP contribution is -2.47. The maximum atomic E-state index is 14.2. The number of carbonyl (C=O) groups is 2. The highest BCUT2D eigenvalue weighted by Gasteiger charge is 2.29. The number of aliphatic imine (C=N–C) groups is 1. The molecule has 1 unspecified atom stereocenters. The summed E-state index contributed by atoms with van der Waals surface area (Å²) in [4.78, 5) is 30.7. The van der Waals surface area contributed by atoms with Gasteiger partial charge in [0.1, 0.15) is 5.82 Å². The largest absolute Gasteiger partial charge is 0.369 e. The lowest BCUT2D eigenvalue weighted by atomic mass is 9.99. The molecule has 0 bridgehead atoms. The van der Waals surface area contributed by atoms with Crippen molar-refractivity contribution in [3.8, 4) is 0 Å². The van der Waals surface area contributed by atoms with Crippen LogP contribution in [0.5, 0.6) is 0 Å². The van der Waals surface area contributed by atoms with Crippen LogP contribution >= 0.6 is 11.6 Å². The minimum atomic E-state index is -0.569. The van der Waals surface area contributed by atoms with E-state index in [1.54, 1.807) is 24.3 Å². The predicted molar refractivity (Wildman–Crippen MR) is 126 cm³/mol. The van der Waals surface area contributed by atoms with E-state index in [2.05, 4.69) is 10.3 Å². The number of guanidine groups is 1. The highest BCUT2D eigenvalue weighted by Crippen LogP contribution is 2.20. The average Bonchev–Trinajstić information content (AvgIpc) is 2.75. The summed E-state index contributed by atoms with van der Waals surface area (Å²) in [6.45, 7) is 8.26. The highest BCUT2D eigenvalue weighted by molar-refractivity contribution is 6.30. The van der Waals surface area contributed by atoms with Crippen LogP contribution in [0.2, 0.25) is 5.02 Å². The number of rotatable bonds is 6. The van der Waals surface area contributed by atoms with Gasteiger partial charge < -0.3 is 11.1 Å². The molecule has 32 heavy (non-hydrogen) atoms. The van der Waals surface area contributed by atoms with Crippen molar-refractivity contribution in [1.82, 2.24) is 10.2 Å². The number of hydrogen-bond acceptors (Lipinski definition) is 4. The average molecular weight is 461 g/mol. The van der Waals surface area contributed by atoms with Crippen LogP contribution in [0.25, 0.3) is 0 Å². The summed E-state index contributed by atoms with van der Waals surface area (Å²) in [7, 11) is 0. The number of benzene rings is 2. The molecule has 1 heterocycles. The van der Waals surface area contributed by atoms with Crippen molar-refractivity contribution >= 4 is 29.4 Å². The fraction of sp³-hybridized carbons (Fsp3) is 0.375. The molecule has 2 amide bonds. The van der Waals surface area contributed by atoms with Gasteiger partial charge in [-0.2, -0.15) is 0 Å². The van der Waals surface area contributed by atoms with E-state index >= 15 is 0 Å². The lowest BCUT2D eigenvalue weighted by molar-refractivity contribution is -0.129. The summed E-state index contributed by atoms with van der Waals surface area (Å²) in [6.07, 6.45) is 0.251. The zero-order valence-electron chi connectivity index (χ0n) is 18.9. The maximum Gasteiger partial charge on any atom is 0.251 e. The molecule has 0 aromatic heterocycles. The molecule has 0 saturated carbocycles. The molecule has 172 valence electrons. The van der Waals surface area contributed by atoms with Gasteiger partial charge in [0.15, 0.2) is 5.96 Å². The van der Waals surface area contributed by atoms with Crippen molar-refractivity contribution < 1.29 is 14.0 Å². The Kier molecular flexibility index (Phi) is 9.20. The first-order valence-corrected chi connectivity index (χ1v) is 11.1. The Morgan fingerprint density at radius 2 is 1.97 bits per heavy atom. The van der Waals surface area contributed by atoms with E-state index in [0.717, 1.165) is 11.6 Å². The number of halogens is 2. The summed E-state index contributed by atoms with van der Waals surface area (Å²) < 4.78 is 14.2. The van der Waals surface area contributed by atoms with Crippen LogP contribution in [0, 0.1) is 11.7 Å². The van der Waals surface area contributed by atoms with Gasteiger partial charge in [-0.3, -0.25) is 14.5 Å². The first-order valence-electron chi connectivity index (χ1n) is 10.7. The first kappa shape index (κ1) is 25.3. The molecule has 3 rings (SSSR count). The quantitative estimate of drug-likeness (QED) is 0.664. The van der Waals surface area contributed by atoms with E-state index in [4.69, 9.17) is 17.3 Å². The van der Waals surface area contributed by atoms with Crippen molar-refractivity contribution in [2.75, 3.05) is 0 Å². The molecule has 0 spiro atoms. The fourth-order valence-electron chi connectivity index (χ4n) is 3.24. The highest BCUT2D eigenvalue weighted by atomic mass is 35.5. The Balaban J connectivity index is 0.00000176. The fourth-order valence-corrected chi connectivity index (χ4v) is 3.46.